The monoisotopic (exact) mass is 200 g/mol. The summed E-state index contributed by atoms with van der Waals surface area (Å²) in [6.07, 6.45) is 4.84. The lowest BCUT2D eigenvalue weighted by Gasteiger charge is -2.34. The van der Waals surface area contributed by atoms with E-state index >= 15 is 0 Å². The van der Waals surface area contributed by atoms with Crippen LogP contribution in [0.4, 0.5) is 0 Å². The predicted octanol–water partition coefficient (Wildman–Crippen LogP) is 0.817. The average Bonchev–Trinajstić information content (AvgIpc) is 2.18. The lowest BCUT2D eigenvalue weighted by Crippen LogP contribution is -2.41. The van der Waals surface area contributed by atoms with Gasteiger partial charge < -0.3 is 15.7 Å². The van der Waals surface area contributed by atoms with Crippen LogP contribution in [0.15, 0.2) is 0 Å². The summed E-state index contributed by atoms with van der Waals surface area (Å²) < 4.78 is 0. The molecule has 0 saturated heterocycles. The second-order valence-corrected chi connectivity index (χ2v) is 4.74. The normalized spacial score (nSPS) is 30.6. The van der Waals surface area contributed by atoms with Gasteiger partial charge in [-0.1, -0.05) is 6.92 Å². The van der Waals surface area contributed by atoms with Gasteiger partial charge in [0.1, 0.15) is 0 Å². The highest BCUT2D eigenvalue weighted by molar-refractivity contribution is 4.77. The molecule has 0 heterocycles. The fourth-order valence-electron chi connectivity index (χ4n) is 2.24. The minimum atomic E-state index is -0.362. The van der Waals surface area contributed by atoms with Crippen molar-refractivity contribution in [2.45, 2.75) is 44.8 Å². The highest BCUT2D eigenvalue weighted by atomic mass is 16.3. The fraction of sp³-hybridized carbons (Fsp3) is 1.00. The van der Waals surface area contributed by atoms with E-state index in [1.165, 1.54) is 25.7 Å². The molecule has 1 saturated carbocycles. The molecule has 0 bridgehead atoms. The first kappa shape index (κ1) is 12.0. The molecule has 3 heteroatoms. The molecule has 0 amide bonds. The van der Waals surface area contributed by atoms with Gasteiger partial charge in [0.15, 0.2) is 0 Å². The summed E-state index contributed by atoms with van der Waals surface area (Å²) in [7, 11) is 2.10. The van der Waals surface area contributed by atoms with E-state index in [0.29, 0.717) is 12.6 Å². The number of nitrogens with two attached hydrogens (primary N) is 1. The van der Waals surface area contributed by atoms with Crippen LogP contribution in [0, 0.1) is 5.92 Å². The Labute approximate surface area is 87.3 Å². The number of nitrogens with zero attached hydrogens (tertiary/aromatic N) is 1. The second-order valence-electron chi connectivity index (χ2n) is 4.74. The molecule has 84 valence electrons. The van der Waals surface area contributed by atoms with E-state index in [-0.39, 0.29) is 6.10 Å². The van der Waals surface area contributed by atoms with Crippen LogP contribution in [0.3, 0.4) is 0 Å². The standard InChI is InChI=1S/C11H24N2O/c1-9-3-5-10(6-4-9)13(2)8-11(14)7-12/h9-11,14H,3-8,12H2,1-2H3. The van der Waals surface area contributed by atoms with Crippen molar-refractivity contribution in [3.05, 3.63) is 0 Å². The van der Waals surface area contributed by atoms with Crippen molar-refractivity contribution in [2.24, 2.45) is 11.7 Å². The molecule has 0 aliphatic heterocycles. The van der Waals surface area contributed by atoms with Crippen LogP contribution in [-0.2, 0) is 0 Å². The molecule has 0 radical (unpaired) electrons. The van der Waals surface area contributed by atoms with Crippen LogP contribution in [0.2, 0.25) is 0 Å². The molecule has 0 aromatic heterocycles. The summed E-state index contributed by atoms with van der Waals surface area (Å²) in [6, 6.07) is 0.660. The van der Waals surface area contributed by atoms with Crippen LogP contribution in [0.5, 0.6) is 0 Å². The van der Waals surface area contributed by atoms with Gasteiger partial charge in [-0.05, 0) is 38.6 Å². The minimum absolute atomic E-state index is 0.362. The third-order valence-corrected chi connectivity index (χ3v) is 3.38. The molecule has 0 aromatic carbocycles. The van der Waals surface area contributed by atoms with Crippen LogP contribution in [0.1, 0.15) is 32.6 Å². The number of hydrogen-bond acceptors (Lipinski definition) is 3. The predicted molar refractivity (Wildman–Crippen MR) is 59.1 cm³/mol. The Morgan fingerprint density at radius 1 is 1.36 bits per heavy atom. The summed E-state index contributed by atoms with van der Waals surface area (Å²) in [6.45, 7) is 3.41. The Bertz CT molecular complexity index is 155. The fourth-order valence-corrected chi connectivity index (χ4v) is 2.24. The number of aliphatic hydroxyl groups excluding tert-OH is 1. The first-order valence-electron chi connectivity index (χ1n) is 5.71. The van der Waals surface area contributed by atoms with Crippen molar-refractivity contribution in [3.63, 3.8) is 0 Å². The van der Waals surface area contributed by atoms with E-state index in [0.717, 1.165) is 12.5 Å². The number of hydrogen-bond donors (Lipinski definition) is 2. The van der Waals surface area contributed by atoms with Crippen molar-refractivity contribution in [1.82, 2.24) is 4.90 Å². The molecule has 1 unspecified atom stereocenters. The largest absolute Gasteiger partial charge is 0.390 e. The second kappa shape index (κ2) is 5.69. The first-order valence-corrected chi connectivity index (χ1v) is 5.71. The molecule has 1 rings (SSSR count). The van der Waals surface area contributed by atoms with Crippen molar-refractivity contribution in [2.75, 3.05) is 20.1 Å². The summed E-state index contributed by atoms with van der Waals surface area (Å²) in [5.74, 6) is 0.888. The molecule has 14 heavy (non-hydrogen) atoms. The summed E-state index contributed by atoms with van der Waals surface area (Å²) >= 11 is 0. The zero-order valence-electron chi connectivity index (χ0n) is 9.45. The maximum Gasteiger partial charge on any atom is 0.0789 e. The Kier molecular flexibility index (Phi) is 4.85. The smallest absolute Gasteiger partial charge is 0.0789 e. The van der Waals surface area contributed by atoms with Crippen molar-refractivity contribution in [1.29, 1.82) is 0 Å². The van der Waals surface area contributed by atoms with Crippen LogP contribution < -0.4 is 5.73 Å². The van der Waals surface area contributed by atoms with E-state index in [9.17, 15) is 5.11 Å². The van der Waals surface area contributed by atoms with Crippen molar-refractivity contribution < 1.29 is 5.11 Å². The summed E-state index contributed by atoms with van der Waals surface area (Å²) in [5.41, 5.74) is 5.40. The van der Waals surface area contributed by atoms with Crippen molar-refractivity contribution in [3.8, 4) is 0 Å². The Morgan fingerprint density at radius 3 is 2.43 bits per heavy atom. The van der Waals surface area contributed by atoms with E-state index < -0.39 is 0 Å². The third-order valence-electron chi connectivity index (χ3n) is 3.38. The van der Waals surface area contributed by atoms with E-state index in [2.05, 4.69) is 18.9 Å². The quantitative estimate of drug-likeness (QED) is 0.706. The van der Waals surface area contributed by atoms with Gasteiger partial charge in [0.05, 0.1) is 6.10 Å². The lowest BCUT2D eigenvalue weighted by atomic mass is 9.87. The highest BCUT2D eigenvalue weighted by Crippen LogP contribution is 2.26. The van der Waals surface area contributed by atoms with E-state index in [4.69, 9.17) is 5.73 Å². The molecule has 1 atom stereocenters. The van der Waals surface area contributed by atoms with Gasteiger partial charge >= 0.3 is 0 Å². The van der Waals surface area contributed by atoms with E-state index in [1.807, 2.05) is 0 Å². The van der Waals surface area contributed by atoms with E-state index in [1.54, 1.807) is 0 Å². The van der Waals surface area contributed by atoms with Gasteiger partial charge in [0.25, 0.3) is 0 Å². The summed E-state index contributed by atoms with van der Waals surface area (Å²) in [4.78, 5) is 2.27. The molecule has 1 aliphatic rings. The minimum Gasteiger partial charge on any atom is -0.390 e. The lowest BCUT2D eigenvalue weighted by molar-refractivity contribution is 0.0903. The SMILES string of the molecule is CC1CCC(N(C)CC(O)CN)CC1. The number of likely N-dealkylation sites (N-methyl/N-ethyl adjacent to an activating group) is 1. The van der Waals surface area contributed by atoms with Gasteiger partial charge in [0, 0.05) is 19.1 Å². The number of rotatable bonds is 4. The van der Waals surface area contributed by atoms with Gasteiger partial charge in [-0.15, -0.1) is 0 Å². The Hall–Kier alpha value is -0.120. The maximum absolute atomic E-state index is 9.44. The molecular formula is C11H24N2O. The molecule has 0 aromatic rings. The molecule has 3 nitrogen and oxygen atoms in total. The molecular weight excluding hydrogens is 176 g/mol. The van der Waals surface area contributed by atoms with Gasteiger partial charge in [0.2, 0.25) is 0 Å². The molecule has 1 fully saturated rings. The summed E-state index contributed by atoms with van der Waals surface area (Å²) in [5, 5.41) is 9.44. The Balaban J connectivity index is 2.26. The zero-order chi connectivity index (χ0) is 10.6. The Morgan fingerprint density at radius 2 is 1.93 bits per heavy atom. The van der Waals surface area contributed by atoms with Gasteiger partial charge in [-0.3, -0.25) is 0 Å². The van der Waals surface area contributed by atoms with Crippen LogP contribution in [-0.4, -0.2) is 42.3 Å². The zero-order valence-corrected chi connectivity index (χ0v) is 9.45. The highest BCUT2D eigenvalue weighted by Gasteiger charge is 2.22. The van der Waals surface area contributed by atoms with Gasteiger partial charge in [-0.2, -0.15) is 0 Å². The van der Waals surface area contributed by atoms with Crippen LogP contribution >= 0.6 is 0 Å². The number of aliphatic hydroxyl groups is 1. The van der Waals surface area contributed by atoms with Crippen LogP contribution in [0.25, 0.3) is 0 Å². The molecule has 0 spiro atoms. The first-order chi connectivity index (χ1) is 6.63. The maximum atomic E-state index is 9.44. The average molecular weight is 200 g/mol. The molecule has 3 N–H and O–H groups in total. The van der Waals surface area contributed by atoms with Crippen molar-refractivity contribution >= 4 is 0 Å². The topological polar surface area (TPSA) is 49.5 Å². The van der Waals surface area contributed by atoms with Gasteiger partial charge in [-0.25, -0.2) is 0 Å². The third kappa shape index (κ3) is 3.56. The molecule has 1 aliphatic carbocycles.